The van der Waals surface area contributed by atoms with Crippen LogP contribution in [-0.4, -0.2) is 32.7 Å². The summed E-state index contributed by atoms with van der Waals surface area (Å²) < 4.78 is 18.5. The number of nitrogens with zero attached hydrogens (tertiary/aromatic N) is 4. The first-order valence-electron chi connectivity index (χ1n) is 7.73. The van der Waals surface area contributed by atoms with Crippen LogP contribution in [0, 0.1) is 5.82 Å². The molecule has 2 aromatic heterocycles. The molecule has 0 fully saturated rings. The molecule has 2 N–H and O–H groups in total. The van der Waals surface area contributed by atoms with E-state index in [2.05, 4.69) is 15.4 Å². The van der Waals surface area contributed by atoms with E-state index < -0.39 is 0 Å². The normalized spacial score (nSPS) is 13.6. The molecular weight excluding hydrogens is 325 g/mol. The summed E-state index contributed by atoms with van der Waals surface area (Å²) in [4.78, 5) is 14.3. The summed E-state index contributed by atoms with van der Waals surface area (Å²) in [7, 11) is 0. The number of hydrogen-bond acceptors (Lipinski definition) is 6. The predicted octanol–water partition coefficient (Wildman–Crippen LogP) is 2.05. The number of carbonyl (C=O) groups excluding carboxylic acids is 1. The summed E-state index contributed by atoms with van der Waals surface area (Å²) >= 11 is 0. The van der Waals surface area contributed by atoms with Crippen molar-refractivity contribution in [1.82, 2.24) is 20.3 Å². The van der Waals surface area contributed by atoms with E-state index in [1.165, 1.54) is 18.2 Å². The second-order valence-electron chi connectivity index (χ2n) is 5.80. The van der Waals surface area contributed by atoms with Crippen LogP contribution >= 0.6 is 0 Å². The van der Waals surface area contributed by atoms with Crippen molar-refractivity contribution in [3.8, 4) is 11.3 Å². The fourth-order valence-corrected chi connectivity index (χ4v) is 2.84. The Morgan fingerprint density at radius 1 is 1.24 bits per heavy atom. The lowest BCUT2D eigenvalue weighted by Crippen LogP contribution is -2.36. The monoisotopic (exact) mass is 339 g/mol. The zero-order valence-corrected chi connectivity index (χ0v) is 13.1. The molecule has 0 saturated heterocycles. The Hall–Kier alpha value is -3.29. The number of rotatable bonds is 2. The molecule has 0 unspecified atom stereocenters. The summed E-state index contributed by atoms with van der Waals surface area (Å²) in [5, 5.41) is 11.8. The molecule has 4 rings (SSSR count). The molecule has 1 aliphatic heterocycles. The zero-order chi connectivity index (χ0) is 17.4. The highest BCUT2D eigenvalue weighted by Gasteiger charge is 2.26. The van der Waals surface area contributed by atoms with E-state index in [4.69, 9.17) is 10.3 Å². The molecule has 8 heteroatoms. The highest BCUT2D eigenvalue weighted by molar-refractivity contribution is 5.92. The average Bonchev–Trinajstić information content (AvgIpc) is 3.10. The number of halogens is 1. The van der Waals surface area contributed by atoms with Gasteiger partial charge in [-0.05, 0) is 23.8 Å². The summed E-state index contributed by atoms with van der Waals surface area (Å²) in [6.45, 7) is 0.879. The lowest BCUT2D eigenvalue weighted by atomic mass is 10.1. The van der Waals surface area contributed by atoms with E-state index in [9.17, 15) is 9.18 Å². The Bertz CT molecular complexity index is 956. The maximum Gasteiger partial charge on any atom is 0.292 e. The number of amides is 1. The van der Waals surface area contributed by atoms with Crippen molar-refractivity contribution >= 4 is 11.7 Å². The Balaban J connectivity index is 1.56. The average molecular weight is 339 g/mol. The SMILES string of the molecule is Nc1cc2c(nn1)CCN(C(=O)c1cc(-c3cccc(F)c3)no1)C2. The van der Waals surface area contributed by atoms with E-state index in [1.807, 2.05) is 0 Å². The van der Waals surface area contributed by atoms with Gasteiger partial charge in [0, 0.05) is 31.1 Å². The lowest BCUT2D eigenvalue weighted by molar-refractivity contribution is 0.0691. The number of anilines is 1. The number of fused-ring (bicyclic) bond motifs is 1. The van der Waals surface area contributed by atoms with Gasteiger partial charge >= 0.3 is 0 Å². The number of nitrogens with two attached hydrogens (primary N) is 1. The molecule has 0 radical (unpaired) electrons. The molecule has 3 heterocycles. The van der Waals surface area contributed by atoms with Gasteiger partial charge in [-0.3, -0.25) is 4.79 Å². The van der Waals surface area contributed by atoms with Gasteiger partial charge in [0.05, 0.1) is 5.69 Å². The minimum Gasteiger partial charge on any atom is -0.382 e. The summed E-state index contributed by atoms with van der Waals surface area (Å²) in [6.07, 6.45) is 0.596. The Kier molecular flexibility index (Phi) is 3.64. The molecule has 25 heavy (non-hydrogen) atoms. The first kappa shape index (κ1) is 15.3. The van der Waals surface area contributed by atoms with Crippen molar-refractivity contribution in [2.24, 2.45) is 0 Å². The van der Waals surface area contributed by atoms with E-state index in [-0.39, 0.29) is 17.5 Å². The molecule has 0 atom stereocenters. The first-order valence-corrected chi connectivity index (χ1v) is 7.73. The molecule has 1 amide bonds. The Labute approximate surface area is 142 Å². The first-order chi connectivity index (χ1) is 12.1. The van der Waals surface area contributed by atoms with Crippen LogP contribution in [0.15, 0.2) is 40.9 Å². The molecule has 0 aliphatic carbocycles. The standard InChI is InChI=1S/C17H14FN5O2/c18-12-3-1-2-10(6-12)14-8-15(25-22-14)17(24)23-5-4-13-11(9-23)7-16(19)21-20-13/h1-3,6-8H,4-5,9H2,(H2,19,21). The van der Waals surface area contributed by atoms with Crippen molar-refractivity contribution in [2.45, 2.75) is 13.0 Å². The van der Waals surface area contributed by atoms with Crippen LogP contribution in [0.1, 0.15) is 21.8 Å². The minimum absolute atomic E-state index is 0.109. The van der Waals surface area contributed by atoms with Crippen molar-refractivity contribution < 1.29 is 13.7 Å². The van der Waals surface area contributed by atoms with Crippen LogP contribution in [0.4, 0.5) is 10.2 Å². The molecule has 3 aromatic rings. The summed E-state index contributed by atoms with van der Waals surface area (Å²) in [5.74, 6) is -0.227. The minimum atomic E-state index is -0.375. The van der Waals surface area contributed by atoms with Crippen LogP contribution in [0.5, 0.6) is 0 Å². The zero-order valence-electron chi connectivity index (χ0n) is 13.1. The van der Waals surface area contributed by atoms with Crippen LogP contribution in [0.2, 0.25) is 0 Å². The summed E-state index contributed by atoms with van der Waals surface area (Å²) in [6, 6.07) is 9.20. The van der Waals surface area contributed by atoms with Gasteiger partial charge in [-0.1, -0.05) is 17.3 Å². The van der Waals surface area contributed by atoms with Crippen LogP contribution < -0.4 is 5.73 Å². The second-order valence-corrected chi connectivity index (χ2v) is 5.80. The predicted molar refractivity (Wildman–Crippen MR) is 86.8 cm³/mol. The van der Waals surface area contributed by atoms with E-state index in [1.54, 1.807) is 23.1 Å². The highest BCUT2D eigenvalue weighted by Crippen LogP contribution is 2.23. The van der Waals surface area contributed by atoms with E-state index in [0.717, 1.165) is 11.3 Å². The number of nitrogen functional groups attached to an aromatic ring is 1. The van der Waals surface area contributed by atoms with Crippen molar-refractivity contribution in [3.63, 3.8) is 0 Å². The van der Waals surface area contributed by atoms with Gasteiger partial charge in [0.1, 0.15) is 17.3 Å². The third kappa shape index (κ3) is 2.93. The van der Waals surface area contributed by atoms with Gasteiger partial charge in [-0.15, -0.1) is 5.10 Å². The summed E-state index contributed by atoms with van der Waals surface area (Å²) in [5.41, 5.74) is 8.34. The molecule has 7 nitrogen and oxygen atoms in total. The van der Waals surface area contributed by atoms with Crippen LogP contribution in [-0.2, 0) is 13.0 Å². The van der Waals surface area contributed by atoms with Gasteiger partial charge in [0.25, 0.3) is 5.91 Å². The third-order valence-corrected chi connectivity index (χ3v) is 4.09. The van der Waals surface area contributed by atoms with Gasteiger partial charge < -0.3 is 15.2 Å². The van der Waals surface area contributed by atoms with Gasteiger partial charge in [0.15, 0.2) is 0 Å². The van der Waals surface area contributed by atoms with Gasteiger partial charge in [-0.25, -0.2) is 4.39 Å². The number of carbonyl (C=O) groups is 1. The van der Waals surface area contributed by atoms with Crippen molar-refractivity contribution in [2.75, 3.05) is 12.3 Å². The number of hydrogen-bond donors (Lipinski definition) is 1. The highest BCUT2D eigenvalue weighted by atomic mass is 19.1. The maximum absolute atomic E-state index is 13.3. The van der Waals surface area contributed by atoms with Crippen molar-refractivity contribution in [3.05, 3.63) is 59.2 Å². The molecule has 0 bridgehead atoms. The maximum atomic E-state index is 13.3. The van der Waals surface area contributed by atoms with E-state index >= 15 is 0 Å². The van der Waals surface area contributed by atoms with E-state index in [0.29, 0.717) is 36.6 Å². The Morgan fingerprint density at radius 3 is 2.96 bits per heavy atom. The molecule has 0 spiro atoms. The quantitative estimate of drug-likeness (QED) is 0.767. The molecule has 126 valence electrons. The topological polar surface area (TPSA) is 98.1 Å². The number of benzene rings is 1. The van der Waals surface area contributed by atoms with Crippen LogP contribution in [0.25, 0.3) is 11.3 Å². The van der Waals surface area contributed by atoms with Crippen molar-refractivity contribution in [1.29, 1.82) is 0 Å². The van der Waals surface area contributed by atoms with Crippen LogP contribution in [0.3, 0.4) is 0 Å². The fraction of sp³-hybridized carbons (Fsp3) is 0.176. The Morgan fingerprint density at radius 2 is 2.12 bits per heavy atom. The molecule has 0 saturated carbocycles. The molecule has 1 aliphatic rings. The molecular formula is C17H14FN5O2. The fourth-order valence-electron chi connectivity index (χ4n) is 2.84. The third-order valence-electron chi connectivity index (χ3n) is 4.09. The van der Waals surface area contributed by atoms with Gasteiger partial charge in [0.2, 0.25) is 5.76 Å². The largest absolute Gasteiger partial charge is 0.382 e. The molecule has 1 aromatic carbocycles. The smallest absolute Gasteiger partial charge is 0.292 e. The number of aromatic nitrogens is 3. The lowest BCUT2D eigenvalue weighted by Gasteiger charge is -2.26. The second kappa shape index (κ2) is 5.97. The van der Waals surface area contributed by atoms with Gasteiger partial charge in [-0.2, -0.15) is 5.10 Å².